The predicted octanol–water partition coefficient (Wildman–Crippen LogP) is 0.968. The van der Waals surface area contributed by atoms with E-state index in [0.29, 0.717) is 6.61 Å². The lowest BCUT2D eigenvalue weighted by atomic mass is 10.2. The largest absolute Gasteiger partial charge is 0.377 e. The van der Waals surface area contributed by atoms with E-state index in [-0.39, 0.29) is 23.7 Å². The van der Waals surface area contributed by atoms with Crippen LogP contribution in [0.15, 0.2) is 0 Å². The van der Waals surface area contributed by atoms with Crippen molar-refractivity contribution in [3.8, 4) is 0 Å². The molecule has 1 rings (SSSR count). The van der Waals surface area contributed by atoms with Gasteiger partial charge in [-0.25, -0.2) is 8.42 Å². The topological polar surface area (TPSA) is 55.4 Å². The summed E-state index contributed by atoms with van der Waals surface area (Å²) in [6.45, 7) is 5.53. The first-order valence-corrected chi connectivity index (χ1v) is 7.95. The van der Waals surface area contributed by atoms with E-state index in [9.17, 15) is 8.42 Å². The normalized spacial score (nSPS) is 23.5. The first kappa shape index (κ1) is 13.9. The summed E-state index contributed by atoms with van der Waals surface area (Å²) in [5, 5.41) is 3.19. The van der Waals surface area contributed by atoms with Crippen molar-refractivity contribution < 1.29 is 13.2 Å². The molecule has 1 N–H and O–H groups in total. The molecule has 2 atom stereocenters. The third-order valence-electron chi connectivity index (χ3n) is 2.90. The van der Waals surface area contributed by atoms with Crippen LogP contribution in [0.4, 0.5) is 0 Å². The fourth-order valence-electron chi connectivity index (χ4n) is 2.04. The molecule has 4 nitrogen and oxygen atoms in total. The zero-order chi connectivity index (χ0) is 12.0. The Labute approximate surface area is 98.7 Å². The number of hydrogen-bond donors (Lipinski definition) is 1. The molecule has 1 fully saturated rings. The minimum Gasteiger partial charge on any atom is -0.377 e. The van der Waals surface area contributed by atoms with Gasteiger partial charge in [-0.15, -0.1) is 0 Å². The summed E-state index contributed by atoms with van der Waals surface area (Å²) in [5.74, 6) is 0.423. The molecule has 0 aromatic carbocycles. The second kappa shape index (κ2) is 6.57. The van der Waals surface area contributed by atoms with Gasteiger partial charge >= 0.3 is 0 Å². The summed E-state index contributed by atoms with van der Waals surface area (Å²) in [5.41, 5.74) is 0. The van der Waals surface area contributed by atoms with Gasteiger partial charge in [-0.2, -0.15) is 0 Å². The Morgan fingerprint density at radius 3 is 2.69 bits per heavy atom. The second-order valence-corrected chi connectivity index (χ2v) is 6.53. The predicted molar refractivity (Wildman–Crippen MR) is 65.4 cm³/mol. The number of nitrogens with one attached hydrogen (secondary N) is 1. The SMILES string of the molecule is CCNC(CC)CS(=O)(=O)CC1CCCO1. The lowest BCUT2D eigenvalue weighted by Crippen LogP contribution is -2.37. The highest BCUT2D eigenvalue weighted by atomic mass is 32.2. The van der Waals surface area contributed by atoms with Gasteiger partial charge < -0.3 is 10.1 Å². The number of hydrogen-bond acceptors (Lipinski definition) is 4. The van der Waals surface area contributed by atoms with Crippen LogP contribution in [-0.2, 0) is 14.6 Å². The van der Waals surface area contributed by atoms with Crippen molar-refractivity contribution in [2.75, 3.05) is 24.7 Å². The Balaban J connectivity index is 2.42. The van der Waals surface area contributed by atoms with Crippen molar-refractivity contribution in [2.45, 2.75) is 45.3 Å². The third-order valence-corrected chi connectivity index (χ3v) is 4.69. The van der Waals surface area contributed by atoms with E-state index in [2.05, 4.69) is 5.32 Å². The van der Waals surface area contributed by atoms with E-state index < -0.39 is 9.84 Å². The van der Waals surface area contributed by atoms with Gasteiger partial charge in [-0.3, -0.25) is 0 Å². The van der Waals surface area contributed by atoms with Crippen LogP contribution in [0.25, 0.3) is 0 Å². The Hall–Kier alpha value is -0.130. The Bertz CT molecular complexity index is 284. The highest BCUT2D eigenvalue weighted by Crippen LogP contribution is 2.14. The molecule has 1 aliphatic rings. The summed E-state index contributed by atoms with van der Waals surface area (Å²) < 4.78 is 29.2. The summed E-state index contributed by atoms with van der Waals surface area (Å²) in [6.07, 6.45) is 2.66. The van der Waals surface area contributed by atoms with Crippen molar-refractivity contribution in [3.05, 3.63) is 0 Å². The van der Waals surface area contributed by atoms with Gasteiger partial charge in [0.1, 0.15) is 0 Å². The van der Waals surface area contributed by atoms with Crippen LogP contribution in [0.1, 0.15) is 33.1 Å². The van der Waals surface area contributed by atoms with Crippen LogP contribution in [0.5, 0.6) is 0 Å². The summed E-state index contributed by atoms with van der Waals surface area (Å²) in [4.78, 5) is 0. The van der Waals surface area contributed by atoms with Gasteiger partial charge in [0.2, 0.25) is 0 Å². The molecule has 0 aliphatic carbocycles. The Morgan fingerprint density at radius 1 is 1.44 bits per heavy atom. The number of ether oxygens (including phenoxy) is 1. The average molecular weight is 249 g/mol. The molecule has 0 bridgehead atoms. The molecule has 0 aromatic heterocycles. The molecule has 0 aromatic rings. The fourth-order valence-corrected chi connectivity index (χ4v) is 3.98. The van der Waals surface area contributed by atoms with Gasteiger partial charge in [-0.05, 0) is 25.8 Å². The van der Waals surface area contributed by atoms with Gasteiger partial charge in [-0.1, -0.05) is 13.8 Å². The van der Waals surface area contributed by atoms with Crippen molar-refractivity contribution in [1.82, 2.24) is 5.32 Å². The van der Waals surface area contributed by atoms with Crippen molar-refractivity contribution in [3.63, 3.8) is 0 Å². The van der Waals surface area contributed by atoms with Gasteiger partial charge in [0.15, 0.2) is 9.84 Å². The first-order chi connectivity index (χ1) is 7.57. The highest BCUT2D eigenvalue weighted by Gasteiger charge is 2.25. The molecular formula is C11H23NO3S. The number of rotatable bonds is 7. The van der Waals surface area contributed by atoms with E-state index in [0.717, 1.165) is 25.8 Å². The van der Waals surface area contributed by atoms with Gasteiger partial charge in [0, 0.05) is 12.6 Å². The van der Waals surface area contributed by atoms with Crippen LogP contribution in [0.2, 0.25) is 0 Å². The quantitative estimate of drug-likeness (QED) is 0.730. The minimum atomic E-state index is -2.99. The molecule has 16 heavy (non-hydrogen) atoms. The Kier molecular flexibility index (Phi) is 5.72. The minimum absolute atomic E-state index is 0.0656. The highest BCUT2D eigenvalue weighted by molar-refractivity contribution is 7.91. The summed E-state index contributed by atoms with van der Waals surface area (Å²) in [7, 11) is -2.99. The first-order valence-electron chi connectivity index (χ1n) is 6.12. The molecule has 1 heterocycles. The maximum absolute atomic E-state index is 11.9. The lowest BCUT2D eigenvalue weighted by Gasteiger charge is -2.17. The molecule has 2 unspecified atom stereocenters. The monoisotopic (exact) mass is 249 g/mol. The van der Waals surface area contributed by atoms with Gasteiger partial charge in [0.25, 0.3) is 0 Å². The van der Waals surface area contributed by atoms with E-state index in [1.54, 1.807) is 0 Å². The molecule has 0 spiro atoms. The molecular weight excluding hydrogens is 226 g/mol. The van der Waals surface area contributed by atoms with Crippen LogP contribution >= 0.6 is 0 Å². The number of sulfone groups is 1. The van der Waals surface area contributed by atoms with E-state index in [4.69, 9.17) is 4.74 Å². The van der Waals surface area contributed by atoms with Crippen molar-refractivity contribution >= 4 is 9.84 Å². The van der Waals surface area contributed by atoms with Crippen molar-refractivity contribution in [1.29, 1.82) is 0 Å². The smallest absolute Gasteiger partial charge is 0.154 e. The lowest BCUT2D eigenvalue weighted by molar-refractivity contribution is 0.127. The third kappa shape index (κ3) is 4.80. The Morgan fingerprint density at radius 2 is 2.19 bits per heavy atom. The summed E-state index contributed by atoms with van der Waals surface area (Å²) >= 11 is 0. The van der Waals surface area contributed by atoms with Crippen LogP contribution < -0.4 is 5.32 Å². The molecule has 0 saturated carbocycles. The van der Waals surface area contributed by atoms with E-state index in [1.165, 1.54) is 0 Å². The van der Waals surface area contributed by atoms with Crippen molar-refractivity contribution in [2.24, 2.45) is 0 Å². The van der Waals surface area contributed by atoms with Gasteiger partial charge in [0.05, 0.1) is 17.6 Å². The maximum Gasteiger partial charge on any atom is 0.154 e. The zero-order valence-corrected chi connectivity index (χ0v) is 11.1. The van der Waals surface area contributed by atoms with Crippen LogP contribution in [0.3, 0.4) is 0 Å². The average Bonchev–Trinajstić information content (AvgIpc) is 2.68. The summed E-state index contributed by atoms with van der Waals surface area (Å²) in [6, 6.07) is 0.0800. The van der Waals surface area contributed by atoms with E-state index in [1.807, 2.05) is 13.8 Å². The molecule has 5 heteroatoms. The second-order valence-electron chi connectivity index (χ2n) is 4.37. The fraction of sp³-hybridized carbons (Fsp3) is 1.00. The molecule has 1 saturated heterocycles. The molecule has 1 aliphatic heterocycles. The molecule has 0 radical (unpaired) electrons. The van der Waals surface area contributed by atoms with Crippen LogP contribution in [0, 0.1) is 0 Å². The maximum atomic E-state index is 11.9. The van der Waals surface area contributed by atoms with E-state index >= 15 is 0 Å². The molecule has 0 amide bonds. The standard InChI is InChI=1S/C11H23NO3S/c1-3-10(12-4-2)8-16(13,14)9-11-6-5-7-15-11/h10-12H,3-9H2,1-2H3. The zero-order valence-electron chi connectivity index (χ0n) is 10.2. The van der Waals surface area contributed by atoms with Crippen LogP contribution in [-0.4, -0.2) is 45.2 Å². The molecule has 96 valence electrons.